The molecule has 1 aromatic carbocycles. The van der Waals surface area contributed by atoms with Crippen molar-refractivity contribution in [3.8, 4) is 0 Å². The summed E-state index contributed by atoms with van der Waals surface area (Å²) in [6.07, 6.45) is 2.36. The zero-order valence-corrected chi connectivity index (χ0v) is 13.2. The number of unbranched alkanes of at least 4 members (excludes halogenated alkanes) is 1. The number of hydrogen-bond donors (Lipinski definition) is 1. The van der Waals surface area contributed by atoms with Gasteiger partial charge in [0.2, 0.25) is 5.91 Å². The predicted octanol–water partition coefficient (Wildman–Crippen LogP) is 4.09. The normalized spacial score (nSPS) is 13.9. The molecular formula is C16H25NOS. The summed E-state index contributed by atoms with van der Waals surface area (Å²) < 4.78 is 0. The number of amides is 1. The van der Waals surface area contributed by atoms with Gasteiger partial charge in [-0.05, 0) is 44.1 Å². The van der Waals surface area contributed by atoms with E-state index < -0.39 is 0 Å². The first-order valence-electron chi connectivity index (χ1n) is 7.03. The average Bonchev–Trinajstić information content (AvgIpc) is 2.39. The second kappa shape index (κ2) is 8.26. The molecule has 0 radical (unpaired) electrons. The maximum absolute atomic E-state index is 12.1. The highest BCUT2D eigenvalue weighted by Gasteiger charge is 2.16. The van der Waals surface area contributed by atoms with Gasteiger partial charge >= 0.3 is 0 Å². The summed E-state index contributed by atoms with van der Waals surface area (Å²) >= 11 is 1.74. The Kier molecular flexibility index (Phi) is 7.00. The zero-order chi connectivity index (χ0) is 14.3. The van der Waals surface area contributed by atoms with Gasteiger partial charge in [0.05, 0.1) is 11.3 Å². The standard InChI is InChI=1S/C16H25NOS/c1-5-6-11-19-14(4)16(18)17-13(3)15-10-8-7-9-12(15)2/h7-10,13-14H,5-6,11H2,1-4H3,(H,17,18). The molecule has 0 saturated carbocycles. The first-order chi connectivity index (χ1) is 9.06. The minimum atomic E-state index is 0.0259. The maximum Gasteiger partial charge on any atom is 0.233 e. The van der Waals surface area contributed by atoms with Crippen LogP contribution >= 0.6 is 11.8 Å². The van der Waals surface area contributed by atoms with Gasteiger partial charge in [-0.25, -0.2) is 0 Å². The van der Waals surface area contributed by atoms with E-state index in [4.69, 9.17) is 0 Å². The Morgan fingerprint density at radius 1 is 1.32 bits per heavy atom. The van der Waals surface area contributed by atoms with Crippen LogP contribution in [-0.2, 0) is 4.79 Å². The van der Waals surface area contributed by atoms with Crippen molar-refractivity contribution in [3.05, 3.63) is 35.4 Å². The molecule has 2 atom stereocenters. The van der Waals surface area contributed by atoms with Crippen molar-refractivity contribution in [1.82, 2.24) is 5.32 Å². The molecule has 1 aromatic rings. The van der Waals surface area contributed by atoms with E-state index in [0.29, 0.717) is 0 Å². The molecular weight excluding hydrogens is 254 g/mol. The third-order valence-corrected chi connectivity index (χ3v) is 4.49. The molecule has 19 heavy (non-hydrogen) atoms. The van der Waals surface area contributed by atoms with Gasteiger partial charge in [0, 0.05) is 0 Å². The van der Waals surface area contributed by atoms with Crippen LogP contribution in [0.1, 0.15) is 50.8 Å². The Hall–Kier alpha value is -0.960. The zero-order valence-electron chi connectivity index (χ0n) is 12.4. The lowest BCUT2D eigenvalue weighted by Crippen LogP contribution is -2.33. The van der Waals surface area contributed by atoms with E-state index >= 15 is 0 Å². The van der Waals surface area contributed by atoms with E-state index in [1.165, 1.54) is 24.0 Å². The van der Waals surface area contributed by atoms with Crippen molar-refractivity contribution in [2.75, 3.05) is 5.75 Å². The van der Waals surface area contributed by atoms with Crippen molar-refractivity contribution in [2.24, 2.45) is 0 Å². The molecule has 3 heteroatoms. The van der Waals surface area contributed by atoms with Crippen LogP contribution in [0.15, 0.2) is 24.3 Å². The van der Waals surface area contributed by atoms with E-state index in [1.807, 2.05) is 26.0 Å². The van der Waals surface area contributed by atoms with Gasteiger partial charge in [-0.15, -0.1) is 11.8 Å². The third-order valence-electron chi connectivity index (χ3n) is 3.25. The van der Waals surface area contributed by atoms with Crippen molar-refractivity contribution >= 4 is 17.7 Å². The SMILES string of the molecule is CCCCSC(C)C(=O)NC(C)c1ccccc1C. The van der Waals surface area contributed by atoms with E-state index in [-0.39, 0.29) is 17.2 Å². The van der Waals surface area contributed by atoms with Gasteiger partial charge in [-0.3, -0.25) is 4.79 Å². The fourth-order valence-electron chi connectivity index (χ4n) is 1.96. The molecule has 0 fully saturated rings. The summed E-state index contributed by atoms with van der Waals surface area (Å²) in [5, 5.41) is 3.13. The van der Waals surface area contributed by atoms with Crippen LogP contribution in [-0.4, -0.2) is 16.9 Å². The van der Waals surface area contributed by atoms with Crippen LogP contribution in [0.5, 0.6) is 0 Å². The average molecular weight is 279 g/mol. The topological polar surface area (TPSA) is 29.1 Å². The Bertz CT molecular complexity index is 405. The van der Waals surface area contributed by atoms with Gasteiger partial charge < -0.3 is 5.32 Å². The molecule has 0 aliphatic heterocycles. The molecule has 2 unspecified atom stereocenters. The second-order valence-corrected chi connectivity index (χ2v) is 6.40. The van der Waals surface area contributed by atoms with Crippen LogP contribution in [0.4, 0.5) is 0 Å². The molecule has 0 spiro atoms. The number of hydrogen-bond acceptors (Lipinski definition) is 2. The van der Waals surface area contributed by atoms with Crippen molar-refractivity contribution in [3.63, 3.8) is 0 Å². The minimum absolute atomic E-state index is 0.0259. The van der Waals surface area contributed by atoms with Crippen LogP contribution < -0.4 is 5.32 Å². The molecule has 0 saturated heterocycles. The Balaban J connectivity index is 2.50. The molecule has 0 aliphatic carbocycles. The molecule has 2 nitrogen and oxygen atoms in total. The monoisotopic (exact) mass is 279 g/mol. The highest BCUT2D eigenvalue weighted by molar-refractivity contribution is 8.00. The molecule has 1 rings (SSSR count). The van der Waals surface area contributed by atoms with Gasteiger partial charge in [0.15, 0.2) is 0 Å². The maximum atomic E-state index is 12.1. The van der Waals surface area contributed by atoms with Gasteiger partial charge in [-0.2, -0.15) is 0 Å². The van der Waals surface area contributed by atoms with Crippen molar-refractivity contribution < 1.29 is 4.79 Å². The highest BCUT2D eigenvalue weighted by Crippen LogP contribution is 2.18. The number of aryl methyl sites for hydroxylation is 1. The summed E-state index contributed by atoms with van der Waals surface area (Å²) in [7, 11) is 0. The molecule has 1 N–H and O–H groups in total. The Morgan fingerprint density at radius 3 is 2.63 bits per heavy atom. The molecule has 0 bridgehead atoms. The lowest BCUT2D eigenvalue weighted by molar-refractivity contribution is -0.120. The largest absolute Gasteiger partial charge is 0.349 e. The summed E-state index contributed by atoms with van der Waals surface area (Å²) in [5.41, 5.74) is 2.42. The quantitative estimate of drug-likeness (QED) is 0.762. The highest BCUT2D eigenvalue weighted by atomic mass is 32.2. The van der Waals surface area contributed by atoms with Crippen LogP contribution in [0.2, 0.25) is 0 Å². The number of benzene rings is 1. The number of nitrogens with one attached hydrogen (secondary N) is 1. The second-order valence-electron chi connectivity index (χ2n) is 4.95. The van der Waals surface area contributed by atoms with Crippen LogP contribution in [0.25, 0.3) is 0 Å². The number of rotatable bonds is 7. The van der Waals surface area contributed by atoms with Crippen molar-refractivity contribution in [1.29, 1.82) is 0 Å². The van der Waals surface area contributed by atoms with Gasteiger partial charge in [0.1, 0.15) is 0 Å². The summed E-state index contributed by atoms with van der Waals surface area (Å²) in [4.78, 5) is 12.1. The summed E-state index contributed by atoms with van der Waals surface area (Å²) in [6.45, 7) is 8.28. The van der Waals surface area contributed by atoms with Crippen LogP contribution in [0, 0.1) is 6.92 Å². The fourth-order valence-corrected chi connectivity index (χ4v) is 2.99. The molecule has 0 aromatic heterocycles. The summed E-state index contributed by atoms with van der Waals surface area (Å²) in [5.74, 6) is 1.20. The lowest BCUT2D eigenvalue weighted by atomic mass is 10.0. The fraction of sp³-hybridized carbons (Fsp3) is 0.562. The van der Waals surface area contributed by atoms with E-state index in [2.05, 4.69) is 31.3 Å². The van der Waals surface area contributed by atoms with Gasteiger partial charge in [-0.1, -0.05) is 37.6 Å². The number of carbonyl (C=O) groups excluding carboxylic acids is 1. The third kappa shape index (κ3) is 5.27. The van der Waals surface area contributed by atoms with Crippen LogP contribution in [0.3, 0.4) is 0 Å². The first-order valence-corrected chi connectivity index (χ1v) is 8.08. The predicted molar refractivity (Wildman–Crippen MR) is 84.6 cm³/mol. The molecule has 106 valence electrons. The molecule has 0 aliphatic rings. The van der Waals surface area contributed by atoms with E-state index in [0.717, 1.165) is 5.75 Å². The minimum Gasteiger partial charge on any atom is -0.349 e. The van der Waals surface area contributed by atoms with Gasteiger partial charge in [0.25, 0.3) is 0 Å². The number of carbonyl (C=O) groups is 1. The van der Waals surface area contributed by atoms with E-state index in [1.54, 1.807) is 11.8 Å². The number of thioether (sulfide) groups is 1. The lowest BCUT2D eigenvalue weighted by Gasteiger charge is -2.19. The smallest absolute Gasteiger partial charge is 0.233 e. The Morgan fingerprint density at radius 2 is 2.00 bits per heavy atom. The Labute approximate surface area is 121 Å². The first kappa shape index (κ1) is 16.1. The van der Waals surface area contributed by atoms with Crippen molar-refractivity contribution in [2.45, 2.75) is 51.8 Å². The van der Waals surface area contributed by atoms with E-state index in [9.17, 15) is 4.79 Å². The summed E-state index contributed by atoms with van der Waals surface area (Å²) in [6, 6.07) is 8.27. The molecule has 0 heterocycles. The molecule has 1 amide bonds.